The van der Waals surface area contributed by atoms with Gasteiger partial charge in [0.15, 0.2) is 0 Å². The molecule has 0 fully saturated rings. The summed E-state index contributed by atoms with van der Waals surface area (Å²) >= 11 is 3.20. The van der Waals surface area contributed by atoms with Crippen LogP contribution in [0, 0.1) is 12.8 Å². The number of aromatic nitrogens is 2. The van der Waals surface area contributed by atoms with Crippen molar-refractivity contribution < 1.29 is 0 Å². The summed E-state index contributed by atoms with van der Waals surface area (Å²) in [6, 6.07) is 4.57. The van der Waals surface area contributed by atoms with E-state index in [0.717, 1.165) is 11.0 Å². The smallest absolute Gasteiger partial charge is 0.203 e. The molecule has 2 rings (SSSR count). The lowest BCUT2D eigenvalue weighted by Crippen LogP contribution is -2.15. The van der Waals surface area contributed by atoms with Crippen molar-refractivity contribution in [1.29, 1.82) is 0 Å². The molecule has 0 aliphatic rings. The number of hydrogen-bond acceptors (Lipinski definition) is 5. The Morgan fingerprint density at radius 1 is 1.38 bits per heavy atom. The van der Waals surface area contributed by atoms with E-state index in [1.165, 1.54) is 16.4 Å². The van der Waals surface area contributed by atoms with Crippen molar-refractivity contribution in [2.45, 2.75) is 26.8 Å². The molecule has 0 bridgehead atoms. The van der Waals surface area contributed by atoms with Crippen LogP contribution in [0.4, 0.5) is 5.13 Å². The molecule has 1 unspecified atom stereocenters. The molecule has 3 nitrogen and oxygen atoms in total. The number of nitrogens with one attached hydrogen (secondary N) is 1. The van der Waals surface area contributed by atoms with Crippen molar-refractivity contribution in [3.8, 4) is 0 Å². The van der Waals surface area contributed by atoms with E-state index >= 15 is 0 Å². The van der Waals surface area contributed by atoms with Gasteiger partial charge in [-0.25, -0.2) is 4.98 Å². The average molecular weight is 253 g/mol. The average Bonchev–Trinajstić information content (AvgIpc) is 2.84. The third-order valence-corrected chi connectivity index (χ3v) is 4.02. The topological polar surface area (TPSA) is 37.8 Å². The second-order valence-electron chi connectivity index (χ2n) is 4.03. The number of nitrogens with zero attached hydrogens (tertiary/aromatic N) is 2. The van der Waals surface area contributed by atoms with E-state index in [1.807, 2.05) is 6.92 Å². The monoisotopic (exact) mass is 253 g/mol. The van der Waals surface area contributed by atoms with Gasteiger partial charge in [-0.1, -0.05) is 19.9 Å². The van der Waals surface area contributed by atoms with Gasteiger partial charge in [-0.05, 0) is 24.3 Å². The van der Waals surface area contributed by atoms with Gasteiger partial charge in [0.05, 0.1) is 6.04 Å². The third kappa shape index (κ3) is 2.59. The molecule has 1 N–H and O–H groups in total. The van der Waals surface area contributed by atoms with E-state index in [4.69, 9.17) is 0 Å². The van der Waals surface area contributed by atoms with Crippen molar-refractivity contribution in [2.75, 3.05) is 5.32 Å². The summed E-state index contributed by atoms with van der Waals surface area (Å²) in [7, 11) is 0. The van der Waals surface area contributed by atoms with Crippen LogP contribution in [0.15, 0.2) is 17.5 Å². The van der Waals surface area contributed by atoms with Gasteiger partial charge in [0.1, 0.15) is 5.82 Å². The van der Waals surface area contributed by atoms with Crippen LogP contribution in [0.3, 0.4) is 0 Å². The molecule has 2 heterocycles. The number of aryl methyl sites for hydroxylation is 1. The molecule has 5 heteroatoms. The van der Waals surface area contributed by atoms with Crippen molar-refractivity contribution in [2.24, 2.45) is 5.92 Å². The predicted molar refractivity (Wildman–Crippen MR) is 70.2 cm³/mol. The van der Waals surface area contributed by atoms with E-state index in [9.17, 15) is 0 Å². The first-order valence-electron chi connectivity index (χ1n) is 5.27. The Morgan fingerprint density at radius 3 is 2.69 bits per heavy atom. The number of thiophene rings is 1. The molecule has 0 saturated carbocycles. The minimum absolute atomic E-state index is 0.326. The minimum atomic E-state index is 0.326. The molecule has 86 valence electrons. The number of rotatable bonds is 4. The van der Waals surface area contributed by atoms with Crippen LogP contribution in [0.1, 0.15) is 30.6 Å². The summed E-state index contributed by atoms with van der Waals surface area (Å²) in [5, 5.41) is 6.47. The summed E-state index contributed by atoms with van der Waals surface area (Å²) in [5.41, 5.74) is 0. The van der Waals surface area contributed by atoms with Gasteiger partial charge in [-0.3, -0.25) is 0 Å². The standard InChI is InChI=1S/C11H15N3S2/c1-7(2)10(9-5-4-6-15-9)13-11-12-8(3)14-16-11/h4-7,10H,1-3H3,(H,12,13,14). The van der Waals surface area contributed by atoms with Crippen molar-refractivity contribution in [3.63, 3.8) is 0 Å². The maximum Gasteiger partial charge on any atom is 0.203 e. The minimum Gasteiger partial charge on any atom is -0.352 e. The van der Waals surface area contributed by atoms with Gasteiger partial charge in [-0.15, -0.1) is 11.3 Å². The quantitative estimate of drug-likeness (QED) is 0.902. The van der Waals surface area contributed by atoms with Crippen LogP contribution in [0.25, 0.3) is 0 Å². The van der Waals surface area contributed by atoms with Gasteiger partial charge in [-0.2, -0.15) is 4.37 Å². The van der Waals surface area contributed by atoms with E-state index in [0.29, 0.717) is 12.0 Å². The van der Waals surface area contributed by atoms with Crippen LogP contribution in [0.5, 0.6) is 0 Å². The summed E-state index contributed by atoms with van der Waals surface area (Å²) in [4.78, 5) is 5.69. The summed E-state index contributed by atoms with van der Waals surface area (Å²) in [6.45, 7) is 6.34. The molecular formula is C11H15N3S2. The fraction of sp³-hybridized carbons (Fsp3) is 0.455. The lowest BCUT2D eigenvalue weighted by Gasteiger charge is -2.20. The van der Waals surface area contributed by atoms with E-state index in [2.05, 4.69) is 46.0 Å². The fourth-order valence-electron chi connectivity index (χ4n) is 1.52. The van der Waals surface area contributed by atoms with Gasteiger partial charge in [0.2, 0.25) is 5.13 Å². The Hall–Kier alpha value is -0.940. The van der Waals surface area contributed by atoms with Crippen molar-refractivity contribution in [3.05, 3.63) is 28.2 Å². The van der Waals surface area contributed by atoms with Crippen LogP contribution in [0.2, 0.25) is 0 Å². The Kier molecular flexibility index (Phi) is 3.56. The molecule has 0 amide bonds. The highest BCUT2D eigenvalue weighted by Crippen LogP contribution is 2.30. The predicted octanol–water partition coefficient (Wildman–Crippen LogP) is 3.72. The van der Waals surface area contributed by atoms with E-state index < -0.39 is 0 Å². The van der Waals surface area contributed by atoms with E-state index in [-0.39, 0.29) is 0 Å². The second-order valence-corrected chi connectivity index (χ2v) is 5.76. The van der Waals surface area contributed by atoms with Gasteiger partial charge < -0.3 is 5.32 Å². The molecule has 0 spiro atoms. The SMILES string of the molecule is Cc1nsc(NC(c2cccs2)C(C)C)n1. The molecule has 0 radical (unpaired) electrons. The zero-order valence-electron chi connectivity index (χ0n) is 9.60. The highest BCUT2D eigenvalue weighted by Gasteiger charge is 2.17. The van der Waals surface area contributed by atoms with Crippen molar-refractivity contribution in [1.82, 2.24) is 9.36 Å². The fourth-order valence-corrected chi connectivity index (χ4v) is 3.08. The van der Waals surface area contributed by atoms with Crippen LogP contribution < -0.4 is 5.32 Å². The zero-order chi connectivity index (χ0) is 11.5. The maximum absolute atomic E-state index is 4.34. The molecule has 2 aromatic heterocycles. The Bertz CT molecular complexity index is 434. The van der Waals surface area contributed by atoms with Crippen molar-refractivity contribution >= 4 is 28.0 Å². The molecule has 0 aliphatic heterocycles. The molecule has 2 aromatic rings. The molecule has 0 aromatic carbocycles. The highest BCUT2D eigenvalue weighted by atomic mass is 32.1. The maximum atomic E-state index is 4.34. The Labute approximate surface area is 104 Å². The summed E-state index contributed by atoms with van der Waals surface area (Å²) in [5.74, 6) is 1.36. The molecule has 0 aliphatic carbocycles. The second kappa shape index (κ2) is 4.93. The first-order chi connectivity index (χ1) is 7.66. The van der Waals surface area contributed by atoms with Gasteiger partial charge in [0.25, 0.3) is 0 Å². The largest absolute Gasteiger partial charge is 0.352 e. The Balaban J connectivity index is 2.15. The van der Waals surface area contributed by atoms with Crippen LogP contribution in [-0.4, -0.2) is 9.36 Å². The summed E-state index contributed by atoms with van der Waals surface area (Å²) in [6.07, 6.45) is 0. The molecule has 16 heavy (non-hydrogen) atoms. The number of hydrogen-bond donors (Lipinski definition) is 1. The molecular weight excluding hydrogens is 238 g/mol. The molecule has 0 saturated heterocycles. The van der Waals surface area contributed by atoms with Crippen LogP contribution in [-0.2, 0) is 0 Å². The number of anilines is 1. The van der Waals surface area contributed by atoms with Gasteiger partial charge >= 0.3 is 0 Å². The Morgan fingerprint density at radius 2 is 2.19 bits per heavy atom. The lowest BCUT2D eigenvalue weighted by atomic mass is 10.0. The normalized spacial score (nSPS) is 13.0. The first-order valence-corrected chi connectivity index (χ1v) is 6.92. The summed E-state index contributed by atoms with van der Waals surface area (Å²) < 4.78 is 4.18. The van der Waals surface area contributed by atoms with Gasteiger partial charge in [0, 0.05) is 16.4 Å². The lowest BCUT2D eigenvalue weighted by molar-refractivity contribution is 0.553. The highest BCUT2D eigenvalue weighted by molar-refractivity contribution is 7.10. The third-order valence-electron chi connectivity index (χ3n) is 2.32. The molecule has 1 atom stereocenters. The first kappa shape index (κ1) is 11.5. The van der Waals surface area contributed by atoms with E-state index in [1.54, 1.807) is 11.3 Å². The van der Waals surface area contributed by atoms with Crippen LogP contribution >= 0.6 is 22.9 Å². The zero-order valence-corrected chi connectivity index (χ0v) is 11.2.